The summed E-state index contributed by atoms with van der Waals surface area (Å²) in [6, 6.07) is 16.2. The van der Waals surface area contributed by atoms with E-state index in [9.17, 15) is 4.79 Å². The molecular formula is C21H16N6O. The molecule has 3 heterocycles. The number of nitrogens with zero attached hydrogens (tertiary/aromatic N) is 4. The predicted octanol–water partition coefficient (Wildman–Crippen LogP) is 3.93. The second-order valence-electron chi connectivity index (χ2n) is 5.90. The summed E-state index contributed by atoms with van der Waals surface area (Å²) in [6.45, 7) is 0. The first-order chi connectivity index (χ1) is 13.8. The standard InChI is InChI=1S/C21H16N6O/c28-20(25-17-6-10-22-11-7-17)15-3-1-5-18(13-15)26-21-24-12-8-19(27-21)16-4-2-9-23-14-16/h1-14H,(H,22,25,28)(H,24,26,27). The molecule has 7 heteroatoms. The molecule has 0 fully saturated rings. The van der Waals surface area contributed by atoms with Crippen LogP contribution < -0.4 is 10.6 Å². The zero-order valence-corrected chi connectivity index (χ0v) is 14.8. The third-order valence-electron chi connectivity index (χ3n) is 3.93. The minimum Gasteiger partial charge on any atom is -0.324 e. The van der Waals surface area contributed by atoms with E-state index in [4.69, 9.17) is 0 Å². The molecular weight excluding hydrogens is 352 g/mol. The third-order valence-corrected chi connectivity index (χ3v) is 3.93. The molecule has 0 saturated heterocycles. The van der Waals surface area contributed by atoms with Crippen LogP contribution in [0.15, 0.2) is 85.6 Å². The summed E-state index contributed by atoms with van der Waals surface area (Å²) in [4.78, 5) is 29.3. The van der Waals surface area contributed by atoms with E-state index in [0.717, 1.165) is 11.3 Å². The zero-order chi connectivity index (χ0) is 19.2. The van der Waals surface area contributed by atoms with Gasteiger partial charge < -0.3 is 10.6 Å². The highest BCUT2D eigenvalue weighted by Gasteiger charge is 2.08. The number of hydrogen-bond donors (Lipinski definition) is 2. The first kappa shape index (κ1) is 17.3. The van der Waals surface area contributed by atoms with Crippen LogP contribution in [0.5, 0.6) is 0 Å². The van der Waals surface area contributed by atoms with Gasteiger partial charge in [-0.25, -0.2) is 9.97 Å². The summed E-state index contributed by atoms with van der Waals surface area (Å²) >= 11 is 0. The van der Waals surface area contributed by atoms with Gasteiger partial charge in [-0.05, 0) is 48.5 Å². The Labute approximate surface area is 161 Å². The molecule has 0 unspecified atom stereocenters. The minimum absolute atomic E-state index is 0.208. The van der Waals surface area contributed by atoms with Gasteiger partial charge in [-0.3, -0.25) is 14.8 Å². The van der Waals surface area contributed by atoms with Gasteiger partial charge in [0.1, 0.15) is 0 Å². The Hall–Kier alpha value is -4.13. The quantitative estimate of drug-likeness (QED) is 0.554. The Kier molecular flexibility index (Phi) is 4.97. The molecule has 28 heavy (non-hydrogen) atoms. The van der Waals surface area contributed by atoms with Gasteiger partial charge >= 0.3 is 0 Å². The number of carbonyl (C=O) groups is 1. The van der Waals surface area contributed by atoms with E-state index in [2.05, 4.69) is 30.6 Å². The van der Waals surface area contributed by atoms with E-state index in [1.165, 1.54) is 0 Å². The lowest BCUT2D eigenvalue weighted by atomic mass is 10.2. The summed E-state index contributed by atoms with van der Waals surface area (Å²) in [5.74, 6) is 0.230. The van der Waals surface area contributed by atoms with E-state index in [1.807, 2.05) is 24.3 Å². The minimum atomic E-state index is -0.208. The lowest BCUT2D eigenvalue weighted by Gasteiger charge is -2.09. The summed E-state index contributed by atoms with van der Waals surface area (Å²) < 4.78 is 0. The average Bonchev–Trinajstić information content (AvgIpc) is 2.75. The van der Waals surface area contributed by atoms with Crippen LogP contribution in [0.3, 0.4) is 0 Å². The lowest BCUT2D eigenvalue weighted by Crippen LogP contribution is -2.12. The molecule has 136 valence electrons. The van der Waals surface area contributed by atoms with E-state index >= 15 is 0 Å². The van der Waals surface area contributed by atoms with E-state index in [1.54, 1.807) is 61.3 Å². The second kappa shape index (κ2) is 8.05. The summed E-state index contributed by atoms with van der Waals surface area (Å²) in [6.07, 6.45) is 8.39. The molecule has 0 radical (unpaired) electrons. The molecule has 2 N–H and O–H groups in total. The van der Waals surface area contributed by atoms with Gasteiger partial charge in [0.25, 0.3) is 5.91 Å². The van der Waals surface area contributed by atoms with Gasteiger partial charge in [-0.15, -0.1) is 0 Å². The van der Waals surface area contributed by atoms with Crippen molar-refractivity contribution >= 4 is 23.2 Å². The summed E-state index contributed by atoms with van der Waals surface area (Å²) in [7, 11) is 0. The fourth-order valence-electron chi connectivity index (χ4n) is 2.60. The second-order valence-corrected chi connectivity index (χ2v) is 5.90. The number of nitrogens with one attached hydrogen (secondary N) is 2. The first-order valence-electron chi connectivity index (χ1n) is 8.60. The Balaban J connectivity index is 1.52. The van der Waals surface area contributed by atoms with Crippen LogP contribution in [0, 0.1) is 0 Å². The Bertz CT molecular complexity index is 1090. The zero-order valence-electron chi connectivity index (χ0n) is 14.8. The maximum absolute atomic E-state index is 12.5. The number of hydrogen-bond acceptors (Lipinski definition) is 6. The van der Waals surface area contributed by atoms with Crippen molar-refractivity contribution in [3.63, 3.8) is 0 Å². The Morgan fingerprint density at radius 2 is 1.71 bits per heavy atom. The molecule has 0 aliphatic carbocycles. The molecule has 0 aliphatic heterocycles. The number of carbonyl (C=O) groups excluding carboxylic acids is 1. The fourth-order valence-corrected chi connectivity index (χ4v) is 2.60. The Morgan fingerprint density at radius 1 is 0.821 bits per heavy atom. The van der Waals surface area contributed by atoms with Gasteiger partial charge in [0, 0.05) is 53.5 Å². The molecule has 7 nitrogen and oxygen atoms in total. The summed E-state index contributed by atoms with van der Waals surface area (Å²) in [5, 5.41) is 5.98. The van der Waals surface area contributed by atoms with Gasteiger partial charge in [-0.2, -0.15) is 0 Å². The van der Waals surface area contributed by atoms with Crippen molar-refractivity contribution in [2.45, 2.75) is 0 Å². The molecule has 0 atom stereocenters. The van der Waals surface area contributed by atoms with Gasteiger partial charge in [-0.1, -0.05) is 6.07 Å². The van der Waals surface area contributed by atoms with Crippen molar-refractivity contribution < 1.29 is 4.79 Å². The van der Waals surface area contributed by atoms with Crippen LogP contribution in [-0.2, 0) is 0 Å². The van der Waals surface area contributed by atoms with Gasteiger partial charge in [0.15, 0.2) is 0 Å². The molecule has 0 aliphatic rings. The molecule has 4 aromatic rings. The number of rotatable bonds is 5. The van der Waals surface area contributed by atoms with Crippen molar-refractivity contribution in [1.29, 1.82) is 0 Å². The Morgan fingerprint density at radius 3 is 2.54 bits per heavy atom. The smallest absolute Gasteiger partial charge is 0.255 e. The first-order valence-corrected chi connectivity index (χ1v) is 8.60. The maximum atomic E-state index is 12.5. The largest absolute Gasteiger partial charge is 0.324 e. The number of amides is 1. The monoisotopic (exact) mass is 368 g/mol. The molecule has 4 rings (SSSR count). The fraction of sp³-hybridized carbons (Fsp3) is 0. The molecule has 3 aromatic heterocycles. The van der Waals surface area contributed by atoms with Gasteiger partial charge in [0.2, 0.25) is 5.95 Å². The number of anilines is 3. The SMILES string of the molecule is O=C(Nc1ccncc1)c1cccc(Nc2nccc(-c3cccnc3)n2)c1. The number of pyridine rings is 2. The van der Waals surface area contributed by atoms with E-state index < -0.39 is 0 Å². The van der Waals surface area contributed by atoms with Crippen molar-refractivity contribution in [2.24, 2.45) is 0 Å². The van der Waals surface area contributed by atoms with Crippen LogP contribution in [-0.4, -0.2) is 25.8 Å². The normalized spacial score (nSPS) is 10.3. The van der Waals surface area contributed by atoms with Crippen LogP contribution in [0.25, 0.3) is 11.3 Å². The van der Waals surface area contributed by atoms with Crippen molar-refractivity contribution in [1.82, 2.24) is 19.9 Å². The van der Waals surface area contributed by atoms with Gasteiger partial charge in [0.05, 0.1) is 5.69 Å². The molecule has 1 aromatic carbocycles. The van der Waals surface area contributed by atoms with E-state index in [0.29, 0.717) is 22.9 Å². The van der Waals surface area contributed by atoms with Crippen molar-refractivity contribution in [3.05, 3.63) is 91.1 Å². The lowest BCUT2D eigenvalue weighted by molar-refractivity contribution is 0.102. The molecule has 0 bridgehead atoms. The molecule has 0 spiro atoms. The number of benzene rings is 1. The van der Waals surface area contributed by atoms with Crippen LogP contribution >= 0.6 is 0 Å². The van der Waals surface area contributed by atoms with Crippen LogP contribution in [0.1, 0.15) is 10.4 Å². The molecule has 1 amide bonds. The highest BCUT2D eigenvalue weighted by atomic mass is 16.1. The van der Waals surface area contributed by atoms with Crippen LogP contribution in [0.2, 0.25) is 0 Å². The highest BCUT2D eigenvalue weighted by Crippen LogP contribution is 2.19. The summed E-state index contributed by atoms with van der Waals surface area (Å²) in [5.41, 5.74) is 3.58. The van der Waals surface area contributed by atoms with E-state index in [-0.39, 0.29) is 5.91 Å². The highest BCUT2D eigenvalue weighted by molar-refractivity contribution is 6.04. The maximum Gasteiger partial charge on any atom is 0.255 e. The predicted molar refractivity (Wildman–Crippen MR) is 107 cm³/mol. The average molecular weight is 368 g/mol. The van der Waals surface area contributed by atoms with Crippen molar-refractivity contribution in [3.8, 4) is 11.3 Å². The van der Waals surface area contributed by atoms with Crippen molar-refractivity contribution in [2.75, 3.05) is 10.6 Å². The number of aromatic nitrogens is 4. The topological polar surface area (TPSA) is 92.7 Å². The van der Waals surface area contributed by atoms with Crippen LogP contribution in [0.4, 0.5) is 17.3 Å². The third kappa shape index (κ3) is 4.16. The molecule has 0 saturated carbocycles.